The quantitative estimate of drug-likeness (QED) is 0.0724. The maximum Gasteiger partial charge on any atom is 0.303 e. The first-order valence-electron chi connectivity index (χ1n) is 18.4. The van der Waals surface area contributed by atoms with Gasteiger partial charge in [0, 0.05) is 81.3 Å². The SMILES string of the molecule is CCN1/C(=C/C=C/C2=[N+](CCCCCC(=O)O)c3ccc(S(=O)(=O)O)cc3C2(C)CCOCCOC)C(C)(CCOCCOC)c2cc(S(=O)(=O)O)ccc21. The van der Waals surface area contributed by atoms with E-state index < -0.39 is 37.0 Å². The molecule has 0 saturated carbocycles. The van der Waals surface area contributed by atoms with E-state index in [4.69, 9.17) is 18.9 Å². The van der Waals surface area contributed by atoms with Crippen LogP contribution in [0.3, 0.4) is 0 Å². The first kappa shape index (κ1) is 44.2. The Labute approximate surface area is 324 Å². The molecule has 0 fully saturated rings. The summed E-state index contributed by atoms with van der Waals surface area (Å²) in [5.74, 6) is -0.855. The number of anilines is 1. The monoisotopic (exact) mass is 807 g/mol. The third-order valence-corrected chi connectivity index (χ3v) is 12.2. The number of allylic oxidation sites excluding steroid dienone is 4. The van der Waals surface area contributed by atoms with E-state index in [0.717, 1.165) is 28.3 Å². The summed E-state index contributed by atoms with van der Waals surface area (Å²) in [6.07, 6.45) is 8.78. The molecule has 0 bridgehead atoms. The van der Waals surface area contributed by atoms with Crippen molar-refractivity contribution >= 4 is 43.3 Å². The summed E-state index contributed by atoms with van der Waals surface area (Å²) in [6, 6.07) is 9.21. The number of likely N-dealkylation sites (N-methyl/N-ethyl adjacent to an activating group) is 1. The fourth-order valence-corrected chi connectivity index (χ4v) is 8.50. The number of hydrogen-bond acceptors (Lipinski definition) is 10. The minimum atomic E-state index is -4.51. The highest BCUT2D eigenvalue weighted by Crippen LogP contribution is 2.51. The number of benzene rings is 2. The molecule has 55 heavy (non-hydrogen) atoms. The van der Waals surface area contributed by atoms with Crippen molar-refractivity contribution in [1.29, 1.82) is 0 Å². The van der Waals surface area contributed by atoms with Crippen LogP contribution in [0, 0.1) is 0 Å². The fourth-order valence-electron chi connectivity index (χ4n) is 7.49. The zero-order chi connectivity index (χ0) is 40.4. The number of hydrogen-bond donors (Lipinski definition) is 3. The summed E-state index contributed by atoms with van der Waals surface area (Å²) >= 11 is 0. The number of nitrogens with zero attached hydrogens (tertiary/aromatic N) is 2. The highest BCUT2D eigenvalue weighted by atomic mass is 32.2. The van der Waals surface area contributed by atoms with Gasteiger partial charge in [0.15, 0.2) is 5.71 Å². The Morgan fingerprint density at radius 1 is 0.800 bits per heavy atom. The lowest BCUT2D eigenvalue weighted by atomic mass is 9.76. The van der Waals surface area contributed by atoms with E-state index >= 15 is 0 Å². The van der Waals surface area contributed by atoms with E-state index in [-0.39, 0.29) is 16.2 Å². The van der Waals surface area contributed by atoms with Gasteiger partial charge in [0.2, 0.25) is 5.69 Å². The van der Waals surface area contributed by atoms with E-state index in [2.05, 4.69) is 9.48 Å². The van der Waals surface area contributed by atoms with Crippen LogP contribution >= 0.6 is 0 Å². The number of ether oxygens (including phenoxy) is 4. The molecule has 2 atom stereocenters. The molecule has 0 aliphatic carbocycles. The van der Waals surface area contributed by atoms with Crippen molar-refractivity contribution < 1.29 is 59.4 Å². The molecule has 14 nitrogen and oxygen atoms in total. The largest absolute Gasteiger partial charge is 0.481 e. The Bertz CT molecular complexity index is 1990. The molecule has 2 aliphatic heterocycles. The topological polar surface area (TPSA) is 189 Å². The standard InChI is InChI=1S/C39H54N2O12S2/c1-6-40-33-16-14-29(54(44,45)46)27-31(33)38(2,18-21-52-25-23-50-4)35(40)11-10-12-36-39(3,19-22-53-26-24-51-5)32-28-30(55(47,48)49)15-17-34(32)41(36)20-9-7-8-13-37(42)43/h10-12,14-17,27-28H,6-9,13,18-26H2,1-5H3,(H2-,42,43,44,45,46,47,48,49)/p+1. The maximum atomic E-state index is 12.3. The lowest BCUT2D eigenvalue weighted by Gasteiger charge is -2.30. The zero-order valence-electron chi connectivity index (χ0n) is 32.3. The van der Waals surface area contributed by atoms with Crippen LogP contribution in [0.5, 0.6) is 0 Å². The molecule has 16 heteroatoms. The van der Waals surface area contributed by atoms with Gasteiger partial charge in [-0.05, 0) is 88.4 Å². The second-order valence-electron chi connectivity index (χ2n) is 14.1. The summed E-state index contributed by atoms with van der Waals surface area (Å²) in [4.78, 5) is 12.9. The molecule has 2 aromatic carbocycles. The molecule has 2 aliphatic rings. The van der Waals surface area contributed by atoms with Gasteiger partial charge in [-0.3, -0.25) is 13.9 Å². The highest BCUT2D eigenvalue weighted by Gasteiger charge is 2.48. The van der Waals surface area contributed by atoms with Crippen LogP contribution in [0.15, 0.2) is 70.1 Å². The Morgan fingerprint density at radius 3 is 1.95 bits per heavy atom. The van der Waals surface area contributed by atoms with Crippen molar-refractivity contribution in [2.24, 2.45) is 0 Å². The Hall–Kier alpha value is -3.48. The van der Waals surface area contributed by atoms with Crippen molar-refractivity contribution in [2.45, 2.75) is 79.9 Å². The first-order valence-corrected chi connectivity index (χ1v) is 21.3. The Morgan fingerprint density at radius 2 is 1.38 bits per heavy atom. The normalized spacial score (nSPS) is 20.6. The number of fused-ring (bicyclic) bond motifs is 2. The molecule has 2 unspecified atom stereocenters. The van der Waals surface area contributed by atoms with Gasteiger partial charge in [-0.1, -0.05) is 6.08 Å². The number of unbranched alkanes of at least 4 members (excludes halogenated alkanes) is 2. The second kappa shape index (κ2) is 19.1. The Balaban J connectivity index is 1.84. The van der Waals surface area contributed by atoms with Crippen molar-refractivity contribution in [3.8, 4) is 0 Å². The molecule has 3 N–H and O–H groups in total. The third-order valence-electron chi connectivity index (χ3n) is 10.5. The van der Waals surface area contributed by atoms with E-state index in [1.165, 1.54) is 24.3 Å². The number of carboxylic acids is 1. The van der Waals surface area contributed by atoms with Crippen LogP contribution in [-0.4, -0.2) is 114 Å². The summed E-state index contributed by atoms with van der Waals surface area (Å²) in [7, 11) is -5.80. The zero-order valence-corrected chi connectivity index (χ0v) is 34.0. The van der Waals surface area contributed by atoms with Crippen LogP contribution in [0.25, 0.3) is 0 Å². The van der Waals surface area contributed by atoms with Gasteiger partial charge in [0.25, 0.3) is 20.2 Å². The molecule has 304 valence electrons. The summed E-state index contributed by atoms with van der Waals surface area (Å²) in [5, 5.41) is 9.17. The van der Waals surface area contributed by atoms with Crippen molar-refractivity contribution in [2.75, 3.05) is 71.9 Å². The first-order chi connectivity index (χ1) is 26.0. The maximum absolute atomic E-state index is 12.3. The molecule has 0 amide bonds. The number of carbonyl (C=O) groups is 1. The lowest BCUT2D eigenvalue weighted by molar-refractivity contribution is -0.438. The van der Waals surface area contributed by atoms with E-state index in [9.17, 15) is 35.8 Å². The van der Waals surface area contributed by atoms with Crippen molar-refractivity contribution in [3.05, 3.63) is 71.5 Å². The summed E-state index contributed by atoms with van der Waals surface area (Å²) in [6.45, 7) is 9.40. The van der Waals surface area contributed by atoms with E-state index in [0.29, 0.717) is 90.4 Å². The van der Waals surface area contributed by atoms with Crippen LogP contribution < -0.4 is 4.90 Å². The molecule has 0 saturated heterocycles. The van der Waals surface area contributed by atoms with Crippen molar-refractivity contribution in [3.63, 3.8) is 0 Å². The van der Waals surface area contributed by atoms with Gasteiger partial charge in [0.1, 0.15) is 6.54 Å². The van der Waals surface area contributed by atoms with E-state index in [1.807, 2.05) is 39.0 Å². The molecule has 2 heterocycles. The minimum absolute atomic E-state index is 0.0626. The van der Waals surface area contributed by atoms with Crippen LogP contribution in [0.4, 0.5) is 11.4 Å². The highest BCUT2D eigenvalue weighted by molar-refractivity contribution is 7.86. The molecule has 0 aromatic heterocycles. The van der Waals surface area contributed by atoms with Gasteiger partial charge in [-0.15, -0.1) is 0 Å². The number of rotatable bonds is 23. The van der Waals surface area contributed by atoms with Crippen LogP contribution in [-0.2, 0) is 54.8 Å². The molecule has 0 radical (unpaired) electrons. The van der Waals surface area contributed by atoms with Crippen LogP contribution in [0.2, 0.25) is 0 Å². The van der Waals surface area contributed by atoms with Crippen LogP contribution in [0.1, 0.15) is 70.4 Å². The average Bonchev–Trinajstić information content (AvgIpc) is 3.50. The number of aliphatic carboxylic acids is 1. The predicted octanol–water partition coefficient (Wildman–Crippen LogP) is 5.53. The van der Waals surface area contributed by atoms with Gasteiger partial charge in [-0.2, -0.15) is 21.4 Å². The predicted molar refractivity (Wildman–Crippen MR) is 208 cm³/mol. The molecule has 2 aromatic rings. The van der Waals surface area contributed by atoms with Gasteiger partial charge >= 0.3 is 5.97 Å². The second-order valence-corrected chi connectivity index (χ2v) is 16.9. The third kappa shape index (κ3) is 10.5. The fraction of sp³-hybridized carbons (Fsp3) is 0.538. The molecular formula is C39H55N2O12S2+. The molecular weight excluding hydrogens is 753 g/mol. The van der Waals surface area contributed by atoms with Gasteiger partial charge in [0.05, 0.1) is 41.6 Å². The number of methoxy groups -OCH3 is 2. The Kier molecular flexibility index (Phi) is 15.4. The number of carboxylic acid groups (broad SMARTS) is 1. The molecule has 4 rings (SSSR count). The summed E-state index contributed by atoms with van der Waals surface area (Å²) in [5.41, 5.74) is 3.28. The average molecular weight is 808 g/mol. The minimum Gasteiger partial charge on any atom is -0.481 e. The smallest absolute Gasteiger partial charge is 0.303 e. The lowest BCUT2D eigenvalue weighted by Crippen LogP contribution is -2.33. The van der Waals surface area contributed by atoms with Gasteiger partial charge < -0.3 is 29.0 Å². The van der Waals surface area contributed by atoms with Crippen molar-refractivity contribution in [1.82, 2.24) is 0 Å². The van der Waals surface area contributed by atoms with Gasteiger partial charge in [-0.25, -0.2) is 0 Å². The summed E-state index contributed by atoms with van der Waals surface area (Å²) < 4.78 is 93.3. The molecule has 0 spiro atoms. The van der Waals surface area contributed by atoms with E-state index in [1.54, 1.807) is 26.4 Å².